The Kier molecular flexibility index (Phi) is 5.23. The molecule has 1 N–H and O–H groups in total. The van der Waals surface area contributed by atoms with E-state index in [0.29, 0.717) is 19.0 Å². The Morgan fingerprint density at radius 3 is 2.96 bits per heavy atom. The van der Waals surface area contributed by atoms with Crippen molar-refractivity contribution >= 4 is 16.8 Å². The van der Waals surface area contributed by atoms with Crippen molar-refractivity contribution in [2.45, 2.75) is 39.7 Å². The summed E-state index contributed by atoms with van der Waals surface area (Å²) >= 11 is 0. The normalized spacial score (nSPS) is 13.6. The van der Waals surface area contributed by atoms with Crippen molar-refractivity contribution in [3.63, 3.8) is 0 Å². The van der Waals surface area contributed by atoms with Crippen molar-refractivity contribution in [1.82, 2.24) is 25.1 Å². The highest BCUT2D eigenvalue weighted by Crippen LogP contribution is 2.29. The molecule has 0 saturated heterocycles. The van der Waals surface area contributed by atoms with Gasteiger partial charge in [0.05, 0.1) is 30.8 Å². The predicted molar refractivity (Wildman–Crippen MR) is 106 cm³/mol. The van der Waals surface area contributed by atoms with Crippen molar-refractivity contribution in [2.24, 2.45) is 5.92 Å². The first-order valence-electron chi connectivity index (χ1n) is 9.78. The summed E-state index contributed by atoms with van der Waals surface area (Å²) in [6.45, 7) is 5.90. The van der Waals surface area contributed by atoms with Crippen LogP contribution in [0.15, 0.2) is 30.7 Å². The molecular formula is C21H25N5O2. The van der Waals surface area contributed by atoms with Gasteiger partial charge in [-0.05, 0) is 50.3 Å². The van der Waals surface area contributed by atoms with Gasteiger partial charge in [0.15, 0.2) is 0 Å². The molecule has 0 aliphatic heterocycles. The third-order valence-electron chi connectivity index (χ3n) is 4.85. The topological polar surface area (TPSA) is 81.9 Å². The van der Waals surface area contributed by atoms with Crippen LogP contribution in [0.3, 0.4) is 0 Å². The molecule has 7 nitrogen and oxygen atoms in total. The van der Waals surface area contributed by atoms with Gasteiger partial charge < -0.3 is 10.1 Å². The van der Waals surface area contributed by atoms with Gasteiger partial charge in [0, 0.05) is 36.1 Å². The Hall–Kier alpha value is -2.96. The lowest BCUT2D eigenvalue weighted by molar-refractivity contribution is -0.120. The van der Waals surface area contributed by atoms with E-state index in [4.69, 9.17) is 4.74 Å². The third-order valence-corrected chi connectivity index (χ3v) is 4.85. The second-order valence-corrected chi connectivity index (χ2v) is 7.37. The molecule has 1 aliphatic rings. The number of hydrogen-bond acceptors (Lipinski definition) is 5. The molecule has 1 aliphatic carbocycles. The van der Waals surface area contributed by atoms with Crippen LogP contribution >= 0.6 is 0 Å². The van der Waals surface area contributed by atoms with E-state index < -0.39 is 0 Å². The Morgan fingerprint density at radius 2 is 2.21 bits per heavy atom. The van der Waals surface area contributed by atoms with E-state index >= 15 is 0 Å². The highest BCUT2D eigenvalue weighted by molar-refractivity contribution is 5.86. The molecule has 0 aromatic carbocycles. The van der Waals surface area contributed by atoms with E-state index in [-0.39, 0.29) is 12.3 Å². The molecule has 1 fully saturated rings. The number of aromatic nitrogens is 4. The summed E-state index contributed by atoms with van der Waals surface area (Å²) in [7, 11) is 0. The standard InChI is InChI=1S/C21H25N5O2/c1-3-22-20(27)9-19-17-12-26(25-18(17)6-7-23-19)11-16-8-14(2)21(24-10-16)28-13-15-4-5-15/h6-8,10,12,15H,3-5,9,11,13H2,1-2H3,(H,22,27). The van der Waals surface area contributed by atoms with Gasteiger partial charge in [0.1, 0.15) is 0 Å². The highest BCUT2D eigenvalue weighted by Gasteiger charge is 2.22. The molecule has 0 bridgehead atoms. The number of aryl methyl sites for hydroxylation is 1. The second-order valence-electron chi connectivity index (χ2n) is 7.37. The average molecular weight is 379 g/mol. The average Bonchev–Trinajstić information content (AvgIpc) is 3.39. The van der Waals surface area contributed by atoms with Crippen LogP contribution in [0.2, 0.25) is 0 Å². The lowest BCUT2D eigenvalue weighted by Crippen LogP contribution is -2.24. The molecule has 0 spiro atoms. The minimum Gasteiger partial charge on any atom is -0.477 e. The van der Waals surface area contributed by atoms with Crippen LogP contribution < -0.4 is 10.1 Å². The number of pyridine rings is 2. The van der Waals surface area contributed by atoms with E-state index in [0.717, 1.165) is 40.2 Å². The van der Waals surface area contributed by atoms with Gasteiger partial charge in [0.2, 0.25) is 11.8 Å². The molecule has 3 aromatic heterocycles. The number of likely N-dealkylation sites (N-methyl/N-ethyl adjacent to an activating group) is 1. The summed E-state index contributed by atoms with van der Waals surface area (Å²) in [4.78, 5) is 20.8. The van der Waals surface area contributed by atoms with Crippen LogP contribution in [0, 0.1) is 12.8 Å². The first kappa shape index (κ1) is 18.4. The lowest BCUT2D eigenvalue weighted by Gasteiger charge is -2.09. The number of ether oxygens (including phenoxy) is 1. The van der Waals surface area contributed by atoms with Crippen molar-refractivity contribution < 1.29 is 9.53 Å². The molecule has 7 heteroatoms. The van der Waals surface area contributed by atoms with Gasteiger partial charge in [-0.1, -0.05) is 0 Å². The molecule has 0 atom stereocenters. The number of carbonyl (C=O) groups is 1. The van der Waals surface area contributed by atoms with Gasteiger partial charge in [-0.3, -0.25) is 14.5 Å². The Morgan fingerprint density at radius 1 is 1.36 bits per heavy atom. The van der Waals surface area contributed by atoms with Crippen LogP contribution in [0.5, 0.6) is 5.88 Å². The van der Waals surface area contributed by atoms with Crippen LogP contribution in [-0.2, 0) is 17.8 Å². The zero-order chi connectivity index (χ0) is 19.5. The van der Waals surface area contributed by atoms with Crippen LogP contribution in [-0.4, -0.2) is 38.8 Å². The van der Waals surface area contributed by atoms with Crippen molar-refractivity contribution in [1.29, 1.82) is 0 Å². The summed E-state index contributed by atoms with van der Waals surface area (Å²) in [6, 6.07) is 3.96. The Balaban J connectivity index is 1.49. The molecule has 4 rings (SSSR count). The summed E-state index contributed by atoms with van der Waals surface area (Å²) < 4.78 is 7.68. The maximum absolute atomic E-state index is 11.9. The minimum absolute atomic E-state index is 0.0307. The quantitative estimate of drug-likeness (QED) is 0.651. The van der Waals surface area contributed by atoms with Crippen LogP contribution in [0.25, 0.3) is 10.9 Å². The van der Waals surface area contributed by atoms with E-state index in [1.54, 1.807) is 6.20 Å². The molecule has 1 saturated carbocycles. The molecule has 0 unspecified atom stereocenters. The molecule has 146 valence electrons. The maximum Gasteiger partial charge on any atom is 0.226 e. The van der Waals surface area contributed by atoms with Gasteiger partial charge in [0.25, 0.3) is 0 Å². The SMILES string of the molecule is CCNC(=O)Cc1nccc2nn(Cc3cnc(OCC4CC4)c(C)c3)cc12. The number of rotatable bonds is 8. The fourth-order valence-corrected chi connectivity index (χ4v) is 3.21. The number of nitrogens with zero attached hydrogens (tertiary/aromatic N) is 4. The lowest BCUT2D eigenvalue weighted by atomic mass is 10.2. The van der Waals surface area contributed by atoms with Crippen LogP contribution in [0.4, 0.5) is 0 Å². The number of fused-ring (bicyclic) bond motifs is 1. The zero-order valence-corrected chi connectivity index (χ0v) is 16.3. The van der Waals surface area contributed by atoms with Gasteiger partial charge in [-0.25, -0.2) is 4.98 Å². The Labute approximate surface area is 164 Å². The molecular weight excluding hydrogens is 354 g/mol. The molecule has 3 aromatic rings. The molecule has 3 heterocycles. The fraction of sp³-hybridized carbons (Fsp3) is 0.429. The van der Waals surface area contributed by atoms with Crippen LogP contribution in [0.1, 0.15) is 36.6 Å². The van der Waals surface area contributed by atoms with Gasteiger partial charge in [-0.2, -0.15) is 5.10 Å². The van der Waals surface area contributed by atoms with E-state index in [2.05, 4.69) is 26.4 Å². The smallest absolute Gasteiger partial charge is 0.226 e. The van der Waals surface area contributed by atoms with E-state index in [9.17, 15) is 4.79 Å². The number of nitrogens with one attached hydrogen (secondary N) is 1. The second kappa shape index (κ2) is 7.96. The molecule has 1 amide bonds. The minimum atomic E-state index is -0.0307. The number of amides is 1. The predicted octanol–water partition coefficient (Wildman–Crippen LogP) is 2.65. The largest absolute Gasteiger partial charge is 0.477 e. The number of hydrogen-bond donors (Lipinski definition) is 1. The van der Waals surface area contributed by atoms with Gasteiger partial charge in [-0.15, -0.1) is 0 Å². The summed E-state index contributed by atoms with van der Waals surface area (Å²) in [6.07, 6.45) is 8.28. The Bertz CT molecular complexity index is 994. The van der Waals surface area contributed by atoms with E-state index in [1.165, 1.54) is 12.8 Å². The summed E-state index contributed by atoms with van der Waals surface area (Å²) in [5, 5.41) is 8.34. The van der Waals surface area contributed by atoms with E-state index in [1.807, 2.05) is 37.0 Å². The monoisotopic (exact) mass is 379 g/mol. The first-order valence-corrected chi connectivity index (χ1v) is 9.78. The zero-order valence-electron chi connectivity index (χ0n) is 16.3. The van der Waals surface area contributed by atoms with Gasteiger partial charge >= 0.3 is 0 Å². The summed E-state index contributed by atoms with van der Waals surface area (Å²) in [5.41, 5.74) is 3.67. The molecule has 0 radical (unpaired) electrons. The van der Waals surface area contributed by atoms with Crippen molar-refractivity contribution in [3.05, 3.63) is 47.5 Å². The number of carbonyl (C=O) groups excluding carboxylic acids is 1. The summed E-state index contributed by atoms with van der Waals surface area (Å²) in [5.74, 6) is 1.39. The fourth-order valence-electron chi connectivity index (χ4n) is 3.21. The third kappa shape index (κ3) is 4.30. The van der Waals surface area contributed by atoms with Crippen molar-refractivity contribution in [2.75, 3.05) is 13.2 Å². The molecule has 28 heavy (non-hydrogen) atoms. The maximum atomic E-state index is 11.9. The highest BCUT2D eigenvalue weighted by atomic mass is 16.5. The van der Waals surface area contributed by atoms with Crippen molar-refractivity contribution in [3.8, 4) is 5.88 Å². The first-order chi connectivity index (χ1) is 13.6.